The Morgan fingerprint density at radius 2 is 1.24 bits per heavy atom. The summed E-state index contributed by atoms with van der Waals surface area (Å²) in [6.45, 7) is 18.4. The number of azo groups is 1. The quantitative estimate of drug-likeness (QED) is 0.107. The van der Waals surface area contributed by atoms with Crippen LogP contribution in [0.1, 0.15) is 88.9 Å². The van der Waals surface area contributed by atoms with E-state index in [1.807, 2.05) is 54.6 Å². The SMILES string of the molecule is CC(CC(C)(C)C)C(COC(=O)c1ccccc1N=Nc1cc(C(=O)Nc2cccc3ccccc23)c(O)c2ccccc12)C(C)CC(C)(C)C. The lowest BCUT2D eigenvalue weighted by Gasteiger charge is -2.36. The van der Waals surface area contributed by atoms with E-state index in [-0.39, 0.29) is 28.1 Å². The lowest BCUT2D eigenvalue weighted by molar-refractivity contribution is 0.0261. The Labute approximate surface area is 302 Å². The van der Waals surface area contributed by atoms with E-state index in [0.717, 1.165) is 23.6 Å². The third kappa shape index (κ3) is 9.40. The molecule has 0 aliphatic heterocycles. The van der Waals surface area contributed by atoms with E-state index in [9.17, 15) is 14.7 Å². The first-order valence-corrected chi connectivity index (χ1v) is 17.8. The van der Waals surface area contributed by atoms with Crippen LogP contribution < -0.4 is 5.32 Å². The topological polar surface area (TPSA) is 100 Å². The van der Waals surface area contributed by atoms with E-state index in [1.165, 1.54) is 6.07 Å². The first-order valence-electron chi connectivity index (χ1n) is 17.8. The third-order valence-corrected chi connectivity index (χ3v) is 9.40. The lowest BCUT2D eigenvalue weighted by atomic mass is 9.71. The van der Waals surface area contributed by atoms with E-state index in [1.54, 1.807) is 36.4 Å². The Balaban J connectivity index is 1.42. The first-order chi connectivity index (χ1) is 24.1. The number of rotatable bonds is 11. The molecule has 2 atom stereocenters. The molecule has 266 valence electrons. The Morgan fingerprint density at radius 3 is 1.90 bits per heavy atom. The number of esters is 1. The van der Waals surface area contributed by atoms with E-state index < -0.39 is 11.9 Å². The van der Waals surface area contributed by atoms with Crippen molar-refractivity contribution >= 4 is 50.5 Å². The molecule has 5 aromatic rings. The fraction of sp³-hybridized carbons (Fsp3) is 0.364. The van der Waals surface area contributed by atoms with Gasteiger partial charge in [0.15, 0.2) is 0 Å². The molecule has 7 nitrogen and oxygen atoms in total. The van der Waals surface area contributed by atoms with Gasteiger partial charge in [0, 0.05) is 21.8 Å². The third-order valence-electron chi connectivity index (χ3n) is 9.40. The van der Waals surface area contributed by atoms with Crippen LogP contribution in [0.3, 0.4) is 0 Å². The van der Waals surface area contributed by atoms with Gasteiger partial charge in [-0.05, 0) is 71.1 Å². The fourth-order valence-electron chi connectivity index (χ4n) is 7.34. The number of phenols is 1. The standard InChI is InChI=1S/C44H51N3O4/c1-28(25-43(3,4)5)36(29(2)26-44(6,7)8)27-51-42(50)34-21-13-14-22-38(34)46-47-39-24-35(40(48)33-20-12-11-19-32(33)39)41(49)45-37-23-15-17-30-16-9-10-18-31(30)37/h9-24,28-29,36,48H,25-27H2,1-8H3,(H,45,49). The van der Waals surface area contributed by atoms with Crippen molar-refractivity contribution in [1.82, 2.24) is 0 Å². The van der Waals surface area contributed by atoms with Gasteiger partial charge >= 0.3 is 5.97 Å². The summed E-state index contributed by atoms with van der Waals surface area (Å²) in [5.41, 5.74) is 2.04. The van der Waals surface area contributed by atoms with Crippen LogP contribution in [0.15, 0.2) is 107 Å². The van der Waals surface area contributed by atoms with E-state index in [4.69, 9.17) is 4.74 Å². The largest absolute Gasteiger partial charge is 0.506 e. The van der Waals surface area contributed by atoms with Crippen molar-refractivity contribution in [3.63, 3.8) is 0 Å². The molecule has 0 bridgehead atoms. The van der Waals surface area contributed by atoms with Crippen LogP contribution in [0.4, 0.5) is 17.1 Å². The van der Waals surface area contributed by atoms with Crippen molar-refractivity contribution in [2.24, 2.45) is 38.8 Å². The zero-order valence-corrected chi connectivity index (χ0v) is 31.2. The van der Waals surface area contributed by atoms with E-state index >= 15 is 0 Å². The highest BCUT2D eigenvalue weighted by atomic mass is 16.5. The van der Waals surface area contributed by atoms with Gasteiger partial charge in [-0.15, -0.1) is 10.2 Å². The molecule has 5 rings (SSSR count). The summed E-state index contributed by atoms with van der Waals surface area (Å²) in [5, 5.41) is 26.2. The molecule has 2 N–H and O–H groups in total. The van der Waals surface area contributed by atoms with Crippen LogP contribution >= 0.6 is 0 Å². The minimum absolute atomic E-state index is 0.0584. The number of nitrogens with zero attached hydrogens (tertiary/aromatic N) is 2. The minimum Gasteiger partial charge on any atom is -0.506 e. The normalized spacial score (nSPS) is 14.0. The summed E-state index contributed by atoms with van der Waals surface area (Å²) in [6, 6.07) is 29.1. The molecule has 0 aromatic heterocycles. The first kappa shape index (κ1) is 37.2. The predicted molar refractivity (Wildman–Crippen MR) is 208 cm³/mol. The van der Waals surface area contributed by atoms with Gasteiger partial charge in [-0.1, -0.05) is 128 Å². The number of hydrogen-bond donors (Lipinski definition) is 2. The van der Waals surface area contributed by atoms with Gasteiger partial charge in [0.2, 0.25) is 0 Å². The minimum atomic E-state index is -0.481. The Hall–Kier alpha value is -5.04. The van der Waals surface area contributed by atoms with Gasteiger partial charge in [-0.2, -0.15) is 0 Å². The summed E-state index contributed by atoms with van der Waals surface area (Å²) in [7, 11) is 0. The zero-order valence-electron chi connectivity index (χ0n) is 31.2. The molecule has 0 heterocycles. The number of carbonyl (C=O) groups excluding carboxylic acids is 2. The highest BCUT2D eigenvalue weighted by molar-refractivity contribution is 6.14. The number of nitrogens with one attached hydrogen (secondary N) is 1. The number of benzene rings is 5. The second kappa shape index (κ2) is 15.5. The molecule has 1 amide bonds. The van der Waals surface area contributed by atoms with Crippen LogP contribution in [0, 0.1) is 28.6 Å². The number of hydrogen-bond acceptors (Lipinski definition) is 6. The van der Waals surface area contributed by atoms with Gasteiger partial charge in [-0.3, -0.25) is 4.79 Å². The lowest BCUT2D eigenvalue weighted by Crippen LogP contribution is -2.31. The van der Waals surface area contributed by atoms with Crippen LogP contribution in [0.25, 0.3) is 21.5 Å². The summed E-state index contributed by atoms with van der Waals surface area (Å²) in [5.74, 6) is -0.165. The molecule has 0 fully saturated rings. The Morgan fingerprint density at radius 1 is 0.686 bits per heavy atom. The van der Waals surface area contributed by atoms with Crippen LogP contribution in [-0.4, -0.2) is 23.6 Å². The second-order valence-corrected chi connectivity index (χ2v) is 16.3. The van der Waals surface area contributed by atoms with E-state index in [0.29, 0.717) is 51.8 Å². The summed E-state index contributed by atoms with van der Waals surface area (Å²) in [6.07, 6.45) is 2.05. The number of fused-ring (bicyclic) bond motifs is 2. The highest BCUT2D eigenvalue weighted by Gasteiger charge is 2.31. The number of aromatic hydroxyl groups is 1. The monoisotopic (exact) mass is 685 g/mol. The smallest absolute Gasteiger partial charge is 0.340 e. The molecular weight excluding hydrogens is 635 g/mol. The van der Waals surface area contributed by atoms with E-state index in [2.05, 4.69) is 70.9 Å². The van der Waals surface area contributed by atoms with Crippen molar-refractivity contribution in [3.8, 4) is 5.75 Å². The molecule has 0 radical (unpaired) electrons. The molecule has 0 spiro atoms. The van der Waals surface area contributed by atoms with Gasteiger partial charge in [-0.25, -0.2) is 4.79 Å². The van der Waals surface area contributed by atoms with Crippen molar-refractivity contribution in [2.75, 3.05) is 11.9 Å². The number of amides is 1. The van der Waals surface area contributed by atoms with Gasteiger partial charge in [0.25, 0.3) is 5.91 Å². The molecular formula is C44H51N3O4. The van der Waals surface area contributed by atoms with Gasteiger partial charge < -0.3 is 15.2 Å². The number of phenolic OH excluding ortho intramolecular Hbond substituents is 1. The maximum absolute atomic E-state index is 13.7. The number of ether oxygens (including phenoxy) is 1. The van der Waals surface area contributed by atoms with Crippen molar-refractivity contribution < 1.29 is 19.4 Å². The average Bonchev–Trinajstić information content (AvgIpc) is 3.06. The maximum atomic E-state index is 13.7. The Bertz CT molecular complexity index is 2030. The molecule has 7 heteroatoms. The van der Waals surface area contributed by atoms with Crippen molar-refractivity contribution in [1.29, 1.82) is 0 Å². The van der Waals surface area contributed by atoms with Gasteiger partial charge in [0.1, 0.15) is 11.4 Å². The van der Waals surface area contributed by atoms with Gasteiger partial charge in [0.05, 0.1) is 23.4 Å². The molecule has 0 saturated carbocycles. The summed E-state index contributed by atoms with van der Waals surface area (Å²) >= 11 is 0. The molecule has 51 heavy (non-hydrogen) atoms. The Kier molecular flexibility index (Phi) is 11.3. The second-order valence-electron chi connectivity index (χ2n) is 16.3. The summed E-state index contributed by atoms with van der Waals surface area (Å²) in [4.78, 5) is 27.3. The molecule has 0 aliphatic rings. The van der Waals surface area contributed by atoms with Crippen LogP contribution in [-0.2, 0) is 4.74 Å². The number of carbonyl (C=O) groups is 2. The fourth-order valence-corrected chi connectivity index (χ4v) is 7.34. The maximum Gasteiger partial charge on any atom is 0.340 e. The van der Waals surface area contributed by atoms with Crippen LogP contribution in [0.5, 0.6) is 5.75 Å². The molecule has 0 saturated heterocycles. The summed E-state index contributed by atoms with van der Waals surface area (Å²) < 4.78 is 6.05. The molecule has 0 aliphatic carbocycles. The van der Waals surface area contributed by atoms with Crippen LogP contribution in [0.2, 0.25) is 0 Å². The van der Waals surface area contributed by atoms with Crippen molar-refractivity contribution in [3.05, 3.63) is 108 Å². The highest BCUT2D eigenvalue weighted by Crippen LogP contribution is 2.39. The number of anilines is 1. The molecule has 2 unspecified atom stereocenters. The predicted octanol–water partition coefficient (Wildman–Crippen LogP) is 12.3. The van der Waals surface area contributed by atoms with Crippen molar-refractivity contribution in [2.45, 2.75) is 68.2 Å². The average molecular weight is 686 g/mol. The zero-order chi connectivity index (χ0) is 36.9. The molecule has 5 aromatic carbocycles.